The highest BCUT2D eigenvalue weighted by atomic mass is 16.1. The molecule has 0 spiro atoms. The summed E-state index contributed by atoms with van der Waals surface area (Å²) in [7, 11) is 1.86. The third-order valence-corrected chi connectivity index (χ3v) is 3.26. The first-order valence-corrected chi connectivity index (χ1v) is 5.58. The Morgan fingerprint density at radius 2 is 2.07 bits per heavy atom. The number of hydrogen-bond acceptors (Lipinski definition) is 2. The van der Waals surface area contributed by atoms with Crippen molar-refractivity contribution >= 4 is 0 Å². The summed E-state index contributed by atoms with van der Waals surface area (Å²) in [6, 6.07) is 1.84. The lowest BCUT2D eigenvalue weighted by Gasteiger charge is -2.21. The number of aromatic nitrogens is 1. The SMILES string of the molecule is CC(N)c1cc2c(n(C)c1=O)CCCC2. The Balaban J connectivity index is 2.63. The van der Waals surface area contributed by atoms with Crippen LogP contribution in [0.2, 0.25) is 0 Å². The van der Waals surface area contributed by atoms with Crippen molar-refractivity contribution in [3.05, 3.63) is 33.2 Å². The minimum absolute atomic E-state index is 0.0747. The topological polar surface area (TPSA) is 48.0 Å². The molecule has 1 unspecified atom stereocenters. The summed E-state index contributed by atoms with van der Waals surface area (Å²) in [6.45, 7) is 1.87. The fourth-order valence-electron chi connectivity index (χ4n) is 2.34. The van der Waals surface area contributed by atoms with Crippen LogP contribution < -0.4 is 11.3 Å². The second-order valence-corrected chi connectivity index (χ2v) is 4.43. The highest BCUT2D eigenvalue weighted by Crippen LogP contribution is 2.21. The van der Waals surface area contributed by atoms with Crippen LogP contribution in [0.5, 0.6) is 0 Å². The molecule has 1 aliphatic rings. The first-order valence-electron chi connectivity index (χ1n) is 5.58. The van der Waals surface area contributed by atoms with E-state index in [1.54, 1.807) is 4.57 Å². The first-order chi connectivity index (χ1) is 7.11. The molecule has 0 saturated heterocycles. The summed E-state index contributed by atoms with van der Waals surface area (Å²) in [5.41, 5.74) is 9.15. The lowest BCUT2D eigenvalue weighted by Crippen LogP contribution is -2.30. The Morgan fingerprint density at radius 1 is 1.40 bits per heavy atom. The lowest BCUT2D eigenvalue weighted by molar-refractivity contribution is 0.612. The van der Waals surface area contributed by atoms with E-state index >= 15 is 0 Å². The summed E-state index contributed by atoms with van der Waals surface area (Å²) < 4.78 is 1.78. The second kappa shape index (κ2) is 3.81. The minimum atomic E-state index is -0.170. The van der Waals surface area contributed by atoms with Gasteiger partial charge in [0.2, 0.25) is 0 Å². The number of rotatable bonds is 1. The maximum absolute atomic E-state index is 12.0. The van der Waals surface area contributed by atoms with Gasteiger partial charge < -0.3 is 10.3 Å². The van der Waals surface area contributed by atoms with Crippen LogP contribution in [0.4, 0.5) is 0 Å². The first kappa shape index (κ1) is 10.4. The molecule has 0 bridgehead atoms. The quantitative estimate of drug-likeness (QED) is 0.752. The molecule has 15 heavy (non-hydrogen) atoms. The number of nitrogens with two attached hydrogens (primary N) is 1. The molecule has 0 saturated carbocycles. The molecule has 3 heteroatoms. The predicted molar refractivity (Wildman–Crippen MR) is 60.9 cm³/mol. The Labute approximate surface area is 89.9 Å². The van der Waals surface area contributed by atoms with Crippen LogP contribution in [0.1, 0.15) is 42.6 Å². The predicted octanol–water partition coefficient (Wildman–Crippen LogP) is 1.28. The van der Waals surface area contributed by atoms with E-state index in [2.05, 4.69) is 0 Å². The molecule has 2 N–H and O–H groups in total. The van der Waals surface area contributed by atoms with Crippen molar-refractivity contribution in [1.82, 2.24) is 4.57 Å². The zero-order valence-electron chi connectivity index (χ0n) is 9.42. The van der Waals surface area contributed by atoms with Gasteiger partial charge in [-0.05, 0) is 44.2 Å². The van der Waals surface area contributed by atoms with Gasteiger partial charge in [0.1, 0.15) is 0 Å². The standard InChI is InChI=1S/C12H18N2O/c1-8(13)10-7-9-5-3-4-6-11(9)14(2)12(10)15/h7-8H,3-6,13H2,1-2H3. The Morgan fingerprint density at radius 3 is 2.73 bits per heavy atom. The zero-order chi connectivity index (χ0) is 11.0. The lowest BCUT2D eigenvalue weighted by atomic mass is 9.93. The van der Waals surface area contributed by atoms with Crippen molar-refractivity contribution in [2.24, 2.45) is 12.8 Å². The molecule has 1 aromatic rings. The van der Waals surface area contributed by atoms with E-state index in [1.165, 1.54) is 24.1 Å². The van der Waals surface area contributed by atoms with E-state index in [-0.39, 0.29) is 11.6 Å². The molecule has 1 aliphatic carbocycles. The summed E-state index contributed by atoms with van der Waals surface area (Å²) in [4.78, 5) is 12.0. The Bertz CT molecular complexity index is 432. The van der Waals surface area contributed by atoms with Crippen LogP contribution in [-0.4, -0.2) is 4.57 Å². The summed E-state index contributed by atoms with van der Waals surface area (Å²) in [5, 5.41) is 0. The largest absolute Gasteiger partial charge is 0.324 e. The maximum Gasteiger partial charge on any atom is 0.255 e. The smallest absolute Gasteiger partial charge is 0.255 e. The zero-order valence-corrected chi connectivity index (χ0v) is 9.42. The molecule has 3 nitrogen and oxygen atoms in total. The van der Waals surface area contributed by atoms with Crippen LogP contribution in [0.3, 0.4) is 0 Å². The van der Waals surface area contributed by atoms with E-state index in [9.17, 15) is 4.79 Å². The average Bonchev–Trinajstić information content (AvgIpc) is 2.23. The van der Waals surface area contributed by atoms with Crippen molar-refractivity contribution < 1.29 is 0 Å². The van der Waals surface area contributed by atoms with E-state index in [0.29, 0.717) is 0 Å². The van der Waals surface area contributed by atoms with Crippen LogP contribution in [-0.2, 0) is 19.9 Å². The van der Waals surface area contributed by atoms with Gasteiger partial charge in [0.05, 0.1) is 0 Å². The summed E-state index contributed by atoms with van der Waals surface area (Å²) in [6.07, 6.45) is 4.53. The number of fused-ring (bicyclic) bond motifs is 1. The fourth-order valence-corrected chi connectivity index (χ4v) is 2.34. The summed E-state index contributed by atoms with van der Waals surface area (Å²) in [5.74, 6) is 0. The molecule has 0 fully saturated rings. The minimum Gasteiger partial charge on any atom is -0.324 e. The molecule has 2 rings (SSSR count). The molecular formula is C12H18N2O. The van der Waals surface area contributed by atoms with Crippen molar-refractivity contribution in [1.29, 1.82) is 0 Å². The maximum atomic E-state index is 12.0. The molecule has 0 radical (unpaired) electrons. The van der Waals surface area contributed by atoms with Gasteiger partial charge in [0.15, 0.2) is 0 Å². The van der Waals surface area contributed by atoms with Crippen molar-refractivity contribution in [2.45, 2.75) is 38.6 Å². The van der Waals surface area contributed by atoms with Crippen LogP contribution in [0.25, 0.3) is 0 Å². The summed E-state index contributed by atoms with van der Waals surface area (Å²) >= 11 is 0. The molecule has 0 aromatic carbocycles. The van der Waals surface area contributed by atoms with Crippen molar-refractivity contribution in [3.8, 4) is 0 Å². The van der Waals surface area contributed by atoms with Gasteiger partial charge >= 0.3 is 0 Å². The monoisotopic (exact) mass is 206 g/mol. The van der Waals surface area contributed by atoms with Gasteiger partial charge in [0.25, 0.3) is 5.56 Å². The van der Waals surface area contributed by atoms with Crippen LogP contribution in [0.15, 0.2) is 10.9 Å². The molecule has 1 atom stereocenters. The Kier molecular flexibility index (Phi) is 2.65. The third kappa shape index (κ3) is 1.72. The molecule has 82 valence electrons. The number of aryl methyl sites for hydroxylation is 1. The highest BCUT2D eigenvalue weighted by molar-refractivity contribution is 5.30. The van der Waals surface area contributed by atoms with Crippen molar-refractivity contribution in [2.75, 3.05) is 0 Å². The highest BCUT2D eigenvalue weighted by Gasteiger charge is 2.16. The molecule has 1 heterocycles. The van der Waals surface area contributed by atoms with Gasteiger partial charge in [-0.25, -0.2) is 0 Å². The molecule has 1 aromatic heterocycles. The fraction of sp³-hybridized carbons (Fsp3) is 0.583. The number of pyridine rings is 1. The van der Waals surface area contributed by atoms with Gasteiger partial charge in [-0.2, -0.15) is 0 Å². The van der Waals surface area contributed by atoms with Gasteiger partial charge in [-0.1, -0.05) is 0 Å². The van der Waals surface area contributed by atoms with Crippen molar-refractivity contribution in [3.63, 3.8) is 0 Å². The normalized spacial score (nSPS) is 17.3. The average molecular weight is 206 g/mol. The van der Waals surface area contributed by atoms with E-state index in [1.807, 2.05) is 20.0 Å². The molecular weight excluding hydrogens is 188 g/mol. The molecule has 0 amide bonds. The van der Waals surface area contributed by atoms with Gasteiger partial charge in [-0.3, -0.25) is 4.79 Å². The van der Waals surface area contributed by atoms with Gasteiger partial charge in [0, 0.05) is 24.3 Å². The van der Waals surface area contributed by atoms with E-state index in [4.69, 9.17) is 5.73 Å². The van der Waals surface area contributed by atoms with Crippen LogP contribution in [0, 0.1) is 0 Å². The second-order valence-electron chi connectivity index (χ2n) is 4.43. The Hall–Kier alpha value is -1.09. The molecule has 0 aliphatic heterocycles. The number of hydrogen-bond donors (Lipinski definition) is 1. The number of nitrogens with zero attached hydrogens (tertiary/aromatic N) is 1. The van der Waals surface area contributed by atoms with E-state index in [0.717, 1.165) is 18.4 Å². The third-order valence-electron chi connectivity index (χ3n) is 3.26. The van der Waals surface area contributed by atoms with E-state index < -0.39 is 0 Å². The van der Waals surface area contributed by atoms with Gasteiger partial charge in [-0.15, -0.1) is 0 Å². The van der Waals surface area contributed by atoms with Crippen LogP contribution >= 0.6 is 0 Å².